The number of fused-ring (bicyclic) bond motifs is 9. The fraction of sp³-hybridized carbons (Fsp3) is 0.0714. The first-order chi connectivity index (χ1) is 29.6. The minimum Gasteiger partial charge on any atom is -0.457 e. The van der Waals surface area contributed by atoms with Crippen LogP contribution in [0.15, 0.2) is 206 Å². The molecule has 1 spiro atoms. The first kappa shape index (κ1) is 35.7. The minimum atomic E-state index is -0.677. The Hall–Kier alpha value is -7.43. The number of anilines is 5. The molecule has 0 bridgehead atoms. The fourth-order valence-corrected chi connectivity index (χ4v) is 9.78. The molecule has 2 atom stereocenters. The van der Waals surface area contributed by atoms with Gasteiger partial charge in [-0.3, -0.25) is 0 Å². The average molecular weight is 777 g/mol. The zero-order chi connectivity index (χ0) is 40.2. The monoisotopic (exact) mass is 776 g/mol. The Bertz CT molecular complexity index is 2990. The third-order valence-corrected chi connectivity index (χ3v) is 12.4. The molecule has 2 unspecified atom stereocenters. The van der Waals surface area contributed by atoms with Crippen LogP contribution in [0.5, 0.6) is 11.5 Å². The van der Waals surface area contributed by atoms with Gasteiger partial charge in [0.1, 0.15) is 17.3 Å². The van der Waals surface area contributed by atoms with E-state index in [1.807, 2.05) is 0 Å². The van der Waals surface area contributed by atoms with Crippen molar-refractivity contribution in [1.29, 1.82) is 0 Å². The molecule has 8 aromatic rings. The highest BCUT2D eigenvalue weighted by Crippen LogP contribution is 2.64. The van der Waals surface area contributed by atoms with Crippen molar-refractivity contribution >= 4 is 34.0 Å². The maximum atomic E-state index is 14.0. The van der Waals surface area contributed by atoms with E-state index in [1.54, 1.807) is 12.1 Å². The van der Waals surface area contributed by atoms with E-state index in [0.717, 1.165) is 74.2 Å². The Balaban J connectivity index is 1.16. The fourth-order valence-electron chi connectivity index (χ4n) is 9.78. The molecule has 11 rings (SSSR count). The molecule has 3 nitrogen and oxygen atoms in total. The van der Waals surface area contributed by atoms with Crippen LogP contribution in [-0.2, 0) is 5.41 Å². The summed E-state index contributed by atoms with van der Waals surface area (Å²) in [6.45, 7) is 2.28. The van der Waals surface area contributed by atoms with Crippen LogP contribution in [0.2, 0.25) is 0 Å². The average Bonchev–Trinajstić information content (AvgIpc) is 3.58. The summed E-state index contributed by atoms with van der Waals surface area (Å²) in [5, 5.41) is 3.62. The van der Waals surface area contributed by atoms with Crippen molar-refractivity contribution in [1.82, 2.24) is 0 Å². The van der Waals surface area contributed by atoms with Crippen LogP contribution in [0, 0.1) is 11.7 Å². The lowest BCUT2D eigenvalue weighted by Gasteiger charge is -2.41. The van der Waals surface area contributed by atoms with E-state index in [4.69, 9.17) is 4.74 Å². The summed E-state index contributed by atoms with van der Waals surface area (Å²) >= 11 is 0. The van der Waals surface area contributed by atoms with Crippen LogP contribution in [0.3, 0.4) is 0 Å². The summed E-state index contributed by atoms with van der Waals surface area (Å²) in [7, 11) is 0. The van der Waals surface area contributed by atoms with Gasteiger partial charge in [-0.2, -0.15) is 0 Å². The molecule has 0 radical (unpaired) electrons. The zero-order valence-corrected chi connectivity index (χ0v) is 33.1. The van der Waals surface area contributed by atoms with Gasteiger partial charge in [0.25, 0.3) is 0 Å². The molecule has 4 heteroatoms. The SMILES string of the molecule is CC1CC=CC=C1c1cc(N(c2ccccc2)c2ccc3c(c2)C2(c4ccccc4Oc4cccc(-c5ccccc5)c42)c2ccccc2-3)ccc1Nc1ccc(F)cc1. The number of benzene rings is 8. The number of ether oxygens (including phenoxy) is 1. The third-order valence-electron chi connectivity index (χ3n) is 12.4. The molecule has 0 saturated heterocycles. The van der Waals surface area contributed by atoms with Gasteiger partial charge >= 0.3 is 0 Å². The quantitative estimate of drug-likeness (QED) is 0.174. The number of halogens is 1. The van der Waals surface area contributed by atoms with Gasteiger partial charge in [0.15, 0.2) is 0 Å². The number of hydrogen-bond acceptors (Lipinski definition) is 3. The Kier molecular flexibility index (Phi) is 8.59. The normalized spacial score (nSPS) is 16.8. The van der Waals surface area contributed by atoms with E-state index in [1.165, 1.54) is 40.0 Å². The molecule has 2 aliphatic carbocycles. The number of para-hydroxylation sites is 2. The molecule has 0 saturated carbocycles. The van der Waals surface area contributed by atoms with Gasteiger partial charge in [-0.15, -0.1) is 0 Å². The van der Waals surface area contributed by atoms with E-state index in [0.29, 0.717) is 5.92 Å². The highest BCUT2D eigenvalue weighted by Gasteiger charge is 2.52. The summed E-state index contributed by atoms with van der Waals surface area (Å²) in [6, 6.07) is 65.5. The Labute approximate surface area is 350 Å². The van der Waals surface area contributed by atoms with E-state index in [-0.39, 0.29) is 5.82 Å². The van der Waals surface area contributed by atoms with Gasteiger partial charge in [-0.25, -0.2) is 4.39 Å². The van der Waals surface area contributed by atoms with Crippen molar-refractivity contribution in [3.05, 3.63) is 240 Å². The van der Waals surface area contributed by atoms with Gasteiger partial charge in [0.05, 0.1) is 5.41 Å². The number of allylic oxidation sites excluding steroid dienone is 4. The lowest BCUT2D eigenvalue weighted by Crippen LogP contribution is -2.33. The first-order valence-corrected chi connectivity index (χ1v) is 20.7. The number of rotatable bonds is 7. The van der Waals surface area contributed by atoms with E-state index in [9.17, 15) is 4.39 Å². The summed E-state index contributed by atoms with van der Waals surface area (Å²) in [4.78, 5) is 2.38. The van der Waals surface area contributed by atoms with E-state index in [2.05, 4.69) is 199 Å². The predicted octanol–water partition coefficient (Wildman–Crippen LogP) is 15.2. The van der Waals surface area contributed by atoms with E-state index >= 15 is 0 Å². The third kappa shape index (κ3) is 5.71. The second-order valence-corrected chi connectivity index (χ2v) is 15.9. The van der Waals surface area contributed by atoms with Gasteiger partial charge in [-0.1, -0.05) is 134 Å². The molecule has 1 N–H and O–H groups in total. The molecule has 1 heterocycles. The molecule has 60 heavy (non-hydrogen) atoms. The molecule has 8 aromatic carbocycles. The molecule has 1 aliphatic heterocycles. The van der Waals surface area contributed by atoms with Crippen molar-refractivity contribution < 1.29 is 9.13 Å². The zero-order valence-electron chi connectivity index (χ0n) is 33.1. The molecule has 0 aromatic heterocycles. The van der Waals surface area contributed by atoms with Crippen LogP contribution in [-0.4, -0.2) is 0 Å². The Morgan fingerprint density at radius 3 is 2.05 bits per heavy atom. The Morgan fingerprint density at radius 2 is 1.23 bits per heavy atom. The predicted molar refractivity (Wildman–Crippen MR) is 245 cm³/mol. The lowest BCUT2D eigenvalue weighted by molar-refractivity contribution is 0.437. The molecule has 288 valence electrons. The molecule has 3 aliphatic rings. The summed E-state index contributed by atoms with van der Waals surface area (Å²) in [6.07, 6.45) is 7.58. The van der Waals surface area contributed by atoms with E-state index < -0.39 is 5.41 Å². The second-order valence-electron chi connectivity index (χ2n) is 15.9. The van der Waals surface area contributed by atoms with Gasteiger partial charge in [-0.05, 0) is 130 Å². The summed E-state index contributed by atoms with van der Waals surface area (Å²) < 4.78 is 20.8. The number of hydrogen-bond donors (Lipinski definition) is 1. The first-order valence-electron chi connectivity index (χ1n) is 20.7. The second kappa shape index (κ2) is 14.4. The van der Waals surface area contributed by atoms with Crippen molar-refractivity contribution in [2.24, 2.45) is 5.92 Å². The standard InChI is InChI=1S/C56H41FN2O/c1-37-15-8-9-20-44(37)48-35-42(32-34-52(48)58-40-29-27-39(57)28-30-40)59(41-18-6-3-7-19-41)43-31-33-47-46-21-10-11-23-49(46)56(51(47)36-43)50-24-12-13-25-53(50)60-54-26-14-22-45(55(54)56)38-16-4-2-5-17-38/h2-14,16-37,58H,15H2,1H3. The number of nitrogens with zero attached hydrogens (tertiary/aromatic N) is 1. The van der Waals surface area contributed by atoms with Crippen LogP contribution in [0.25, 0.3) is 27.8 Å². The molecular weight excluding hydrogens is 736 g/mol. The van der Waals surface area contributed by atoms with Gasteiger partial charge in [0, 0.05) is 45.1 Å². The highest BCUT2D eigenvalue weighted by molar-refractivity contribution is 5.94. The Morgan fingerprint density at radius 1 is 0.567 bits per heavy atom. The summed E-state index contributed by atoms with van der Waals surface area (Å²) in [5.41, 5.74) is 16.1. The smallest absolute Gasteiger partial charge is 0.132 e. The van der Waals surface area contributed by atoms with Crippen LogP contribution in [0.1, 0.15) is 41.2 Å². The lowest BCUT2D eigenvalue weighted by atomic mass is 9.64. The largest absolute Gasteiger partial charge is 0.457 e. The van der Waals surface area contributed by atoms with Crippen molar-refractivity contribution in [3.8, 4) is 33.8 Å². The van der Waals surface area contributed by atoms with Crippen LogP contribution < -0.4 is 15.0 Å². The molecule has 0 fully saturated rings. The van der Waals surface area contributed by atoms with Crippen molar-refractivity contribution in [3.63, 3.8) is 0 Å². The van der Waals surface area contributed by atoms with Gasteiger partial charge < -0.3 is 15.0 Å². The van der Waals surface area contributed by atoms with Gasteiger partial charge in [0.2, 0.25) is 0 Å². The maximum absolute atomic E-state index is 14.0. The minimum absolute atomic E-state index is 0.258. The summed E-state index contributed by atoms with van der Waals surface area (Å²) in [5.74, 6) is 1.78. The van der Waals surface area contributed by atoms with Crippen LogP contribution in [0.4, 0.5) is 32.8 Å². The molecular formula is C56H41FN2O. The maximum Gasteiger partial charge on any atom is 0.132 e. The van der Waals surface area contributed by atoms with Crippen molar-refractivity contribution in [2.45, 2.75) is 18.8 Å². The molecule has 0 amide bonds. The number of nitrogens with one attached hydrogen (secondary N) is 1. The van der Waals surface area contributed by atoms with Crippen molar-refractivity contribution in [2.75, 3.05) is 10.2 Å². The van der Waals surface area contributed by atoms with Crippen LogP contribution >= 0.6 is 0 Å². The topological polar surface area (TPSA) is 24.5 Å². The highest BCUT2D eigenvalue weighted by atomic mass is 19.1.